The van der Waals surface area contributed by atoms with E-state index in [1.807, 2.05) is 42.5 Å². The van der Waals surface area contributed by atoms with E-state index < -0.39 is 0 Å². The van der Waals surface area contributed by atoms with Crippen LogP contribution in [0.25, 0.3) is 17.0 Å². The van der Waals surface area contributed by atoms with Gasteiger partial charge in [-0.15, -0.1) is 35.9 Å². The van der Waals surface area contributed by atoms with E-state index in [9.17, 15) is 0 Å². The van der Waals surface area contributed by atoms with Crippen LogP contribution in [0.15, 0.2) is 79.6 Å². The molecular formula is C18H15N2OPt-. The van der Waals surface area contributed by atoms with Crippen LogP contribution < -0.4 is 0 Å². The van der Waals surface area contributed by atoms with Crippen molar-refractivity contribution in [2.75, 3.05) is 0 Å². The third kappa shape index (κ3) is 5.63. The first kappa shape index (κ1) is 17.8. The fourth-order valence-electron chi connectivity index (χ4n) is 1.61. The Bertz CT molecular complexity index is 636. The number of hydrogen-bond donors (Lipinski definition) is 1. The first-order valence-electron chi connectivity index (χ1n) is 6.45. The second-order valence-corrected chi connectivity index (χ2v) is 4.15. The Kier molecular flexibility index (Phi) is 7.80. The van der Waals surface area contributed by atoms with E-state index in [1.165, 1.54) is 0 Å². The largest absolute Gasteiger partial charge is 0.506 e. The summed E-state index contributed by atoms with van der Waals surface area (Å²) in [7, 11) is 0. The number of aromatic nitrogens is 2. The van der Waals surface area contributed by atoms with Gasteiger partial charge >= 0.3 is 0 Å². The van der Waals surface area contributed by atoms with Gasteiger partial charge in [-0.05, 0) is 23.9 Å². The van der Waals surface area contributed by atoms with Gasteiger partial charge in [0, 0.05) is 33.5 Å². The van der Waals surface area contributed by atoms with E-state index in [0.29, 0.717) is 5.69 Å². The van der Waals surface area contributed by atoms with Gasteiger partial charge in [-0.1, -0.05) is 24.8 Å². The number of aliphatic hydroxyl groups excluding tert-OH is 1. The topological polar surface area (TPSA) is 46.0 Å². The summed E-state index contributed by atoms with van der Waals surface area (Å²) in [6.45, 7) is 3.32. The normalized spacial score (nSPS) is 8.91. The molecule has 0 fully saturated rings. The van der Waals surface area contributed by atoms with Crippen molar-refractivity contribution < 1.29 is 26.2 Å². The molecule has 3 nitrogen and oxygen atoms in total. The van der Waals surface area contributed by atoms with E-state index in [4.69, 9.17) is 5.11 Å². The van der Waals surface area contributed by atoms with Crippen LogP contribution in [0.3, 0.4) is 0 Å². The Balaban J connectivity index is 0.000000219. The molecule has 22 heavy (non-hydrogen) atoms. The number of rotatable bonds is 2. The molecule has 0 saturated carbocycles. The van der Waals surface area contributed by atoms with Crippen molar-refractivity contribution in [3.05, 3.63) is 91.4 Å². The van der Waals surface area contributed by atoms with E-state index in [1.54, 1.807) is 30.6 Å². The van der Waals surface area contributed by atoms with Crippen molar-refractivity contribution >= 4 is 5.76 Å². The van der Waals surface area contributed by atoms with Crippen LogP contribution in [0.2, 0.25) is 0 Å². The molecule has 3 aromatic rings. The van der Waals surface area contributed by atoms with E-state index >= 15 is 0 Å². The molecule has 4 heteroatoms. The summed E-state index contributed by atoms with van der Waals surface area (Å²) < 4.78 is 0. The first-order chi connectivity index (χ1) is 10.3. The summed E-state index contributed by atoms with van der Waals surface area (Å²) in [5, 5.41) is 8.77. The van der Waals surface area contributed by atoms with Crippen molar-refractivity contribution in [3.8, 4) is 11.3 Å². The minimum absolute atomic E-state index is 0. The summed E-state index contributed by atoms with van der Waals surface area (Å²) in [6, 6.07) is 22.1. The average Bonchev–Trinajstić information content (AvgIpc) is 2.58. The molecule has 0 saturated heterocycles. The Morgan fingerprint density at radius 3 is 2.05 bits per heavy atom. The fraction of sp³-hybridized carbons (Fsp3) is 0. The van der Waals surface area contributed by atoms with Crippen LogP contribution in [0, 0.1) is 6.07 Å². The maximum atomic E-state index is 8.77. The Labute approximate surface area is 144 Å². The molecule has 0 atom stereocenters. The van der Waals surface area contributed by atoms with Gasteiger partial charge in [0.15, 0.2) is 0 Å². The summed E-state index contributed by atoms with van der Waals surface area (Å²) in [5.74, 6) is 0.00981. The fourth-order valence-corrected chi connectivity index (χ4v) is 1.61. The van der Waals surface area contributed by atoms with E-state index in [0.717, 1.165) is 11.3 Å². The maximum Gasteiger partial charge on any atom is 0.134 e. The third-order valence-corrected chi connectivity index (χ3v) is 2.61. The minimum atomic E-state index is 0. The molecule has 0 radical (unpaired) electrons. The summed E-state index contributed by atoms with van der Waals surface area (Å²) in [4.78, 5) is 8.05. The Morgan fingerprint density at radius 1 is 0.909 bits per heavy atom. The smallest absolute Gasteiger partial charge is 0.134 e. The zero-order valence-electron chi connectivity index (χ0n) is 11.8. The van der Waals surface area contributed by atoms with Gasteiger partial charge in [-0.3, -0.25) is 4.98 Å². The van der Waals surface area contributed by atoms with Gasteiger partial charge < -0.3 is 10.1 Å². The molecule has 1 aromatic carbocycles. The molecule has 0 aliphatic rings. The first-order valence-corrected chi connectivity index (χ1v) is 6.45. The van der Waals surface area contributed by atoms with Crippen molar-refractivity contribution in [1.29, 1.82) is 0 Å². The predicted octanol–water partition coefficient (Wildman–Crippen LogP) is 4.16. The second-order valence-electron chi connectivity index (χ2n) is 4.15. The Morgan fingerprint density at radius 2 is 1.59 bits per heavy atom. The monoisotopic (exact) mass is 470 g/mol. The number of benzene rings is 1. The van der Waals surface area contributed by atoms with Gasteiger partial charge in [0.2, 0.25) is 0 Å². The molecule has 0 aliphatic heterocycles. The van der Waals surface area contributed by atoms with Crippen LogP contribution in [-0.4, -0.2) is 15.1 Å². The summed E-state index contributed by atoms with van der Waals surface area (Å²) in [6.07, 6.45) is 3.40. The van der Waals surface area contributed by atoms with Crippen molar-refractivity contribution in [2.45, 2.75) is 0 Å². The van der Waals surface area contributed by atoms with Crippen molar-refractivity contribution in [2.24, 2.45) is 0 Å². The van der Waals surface area contributed by atoms with Gasteiger partial charge in [-0.2, -0.15) is 0 Å². The van der Waals surface area contributed by atoms with Crippen LogP contribution in [0.1, 0.15) is 5.69 Å². The van der Waals surface area contributed by atoms with Gasteiger partial charge in [0.1, 0.15) is 11.5 Å². The third-order valence-electron chi connectivity index (χ3n) is 2.61. The number of aliphatic hydroxyl groups is 1. The molecule has 1 N–H and O–H groups in total. The summed E-state index contributed by atoms with van der Waals surface area (Å²) in [5.41, 5.74) is 2.54. The van der Waals surface area contributed by atoms with Gasteiger partial charge in [-0.25, -0.2) is 0 Å². The van der Waals surface area contributed by atoms with E-state index in [2.05, 4.69) is 22.6 Å². The molecule has 0 spiro atoms. The molecule has 3 rings (SSSR count). The molecular weight excluding hydrogens is 455 g/mol. The number of hydrogen-bond acceptors (Lipinski definition) is 3. The van der Waals surface area contributed by atoms with E-state index in [-0.39, 0.29) is 26.8 Å². The molecule has 0 unspecified atom stereocenters. The van der Waals surface area contributed by atoms with Crippen LogP contribution in [0.4, 0.5) is 0 Å². The van der Waals surface area contributed by atoms with Crippen molar-refractivity contribution in [3.63, 3.8) is 0 Å². The predicted molar refractivity (Wildman–Crippen MR) is 84.4 cm³/mol. The zero-order valence-corrected chi connectivity index (χ0v) is 14.1. The van der Waals surface area contributed by atoms with Crippen LogP contribution >= 0.6 is 0 Å². The average molecular weight is 470 g/mol. The van der Waals surface area contributed by atoms with Gasteiger partial charge in [0.25, 0.3) is 0 Å². The quantitative estimate of drug-likeness (QED) is 0.452. The number of pyridine rings is 2. The standard InChI is InChI=1S/C11H8N.C7H7NO.Pt/c1-2-6-10(7-3-1)11-8-4-5-9-12-11;1-6(9)7-4-2-3-5-8-7;/h1-6,8-9H;2-5,9H,1H2;/q-1;;. The maximum absolute atomic E-state index is 8.77. The second kappa shape index (κ2) is 9.64. The molecule has 0 bridgehead atoms. The minimum Gasteiger partial charge on any atom is -0.506 e. The molecule has 0 aliphatic carbocycles. The Hall–Kier alpha value is -2.25. The molecule has 2 aromatic heterocycles. The molecule has 0 amide bonds. The summed E-state index contributed by atoms with van der Waals surface area (Å²) >= 11 is 0. The zero-order chi connectivity index (χ0) is 14.9. The van der Waals surface area contributed by atoms with Crippen LogP contribution in [-0.2, 0) is 21.1 Å². The molecule has 114 valence electrons. The number of nitrogens with zero attached hydrogens (tertiary/aromatic N) is 2. The van der Waals surface area contributed by atoms with Crippen LogP contribution in [0.5, 0.6) is 0 Å². The SMILES string of the molecule is C=C(O)c1ccccn1.[Pt].[c-]1ccccc1-c1ccccn1. The van der Waals surface area contributed by atoms with Gasteiger partial charge in [0.05, 0.1) is 0 Å². The van der Waals surface area contributed by atoms with Crippen molar-refractivity contribution in [1.82, 2.24) is 9.97 Å². The molecule has 2 heterocycles.